The van der Waals surface area contributed by atoms with Gasteiger partial charge in [-0.15, -0.1) is 0 Å². The fraction of sp³-hybridized carbons (Fsp3) is 0.333. The zero-order valence-corrected chi connectivity index (χ0v) is 6.15. The Labute approximate surface area is 44.7 Å². The first-order chi connectivity index (χ1) is 2.41. The van der Waals surface area contributed by atoms with Crippen molar-refractivity contribution >= 4 is 0 Å². The molecule has 0 saturated carbocycles. The molecule has 0 heterocycles. The van der Waals surface area contributed by atoms with Crippen molar-refractivity contribution in [2.45, 2.75) is 0 Å². The van der Waals surface area contributed by atoms with Crippen molar-refractivity contribution in [3.63, 3.8) is 0 Å². The van der Waals surface area contributed by atoms with Gasteiger partial charge >= 0.3 is 44.2 Å². The van der Waals surface area contributed by atoms with Crippen LogP contribution in [0, 0.1) is 0 Å². The summed E-state index contributed by atoms with van der Waals surface area (Å²) < 4.78 is 3.01. The maximum absolute atomic E-state index is 3.51. The minimum absolute atomic E-state index is 0.952. The van der Waals surface area contributed by atoms with Crippen LogP contribution in [0.3, 0.4) is 0 Å². The van der Waals surface area contributed by atoms with E-state index in [1.165, 1.54) is 21.3 Å². The molecule has 2 heteroatoms. The summed E-state index contributed by atoms with van der Waals surface area (Å²) in [7, 11) is 0. The summed E-state index contributed by atoms with van der Waals surface area (Å²) in [5.74, 6) is 0. The summed E-state index contributed by atoms with van der Waals surface area (Å²) in [6.45, 7) is 4.46. The molecule has 0 rings (SSSR count). The monoisotopic (exact) mass is 237 g/mol. The van der Waals surface area contributed by atoms with Gasteiger partial charge in [-0.25, -0.2) is 0 Å². The molecule has 0 aliphatic carbocycles. The summed E-state index contributed by atoms with van der Waals surface area (Å²) in [5.41, 5.74) is 0. The first-order valence-electron chi connectivity index (χ1n) is 1.39. The van der Waals surface area contributed by atoms with Gasteiger partial charge in [-0.05, 0) is 0 Å². The van der Waals surface area contributed by atoms with Gasteiger partial charge in [0.05, 0.1) is 0 Å². The average molecular weight is 237 g/mol. The normalized spacial score (nSPS) is 7.20. The van der Waals surface area contributed by atoms with Crippen molar-refractivity contribution in [1.82, 2.24) is 3.72 Å². The Morgan fingerprint density at radius 1 is 2.00 bits per heavy atom. The van der Waals surface area contributed by atoms with Gasteiger partial charge in [0, 0.05) is 0 Å². The van der Waals surface area contributed by atoms with E-state index in [0.29, 0.717) is 0 Å². The molecule has 0 amide bonds. The Hall–Kier alpha value is 0.440. The first kappa shape index (κ1) is 5.44. The van der Waals surface area contributed by atoms with Crippen molar-refractivity contribution in [2.75, 3.05) is 6.54 Å². The zero-order valence-electron chi connectivity index (χ0n) is 2.94. The van der Waals surface area contributed by atoms with Crippen LogP contribution in [0.4, 0.5) is 0 Å². The topological polar surface area (TPSA) is 12.0 Å². The van der Waals surface area contributed by atoms with E-state index in [-0.39, 0.29) is 0 Å². The second kappa shape index (κ2) is 4.44. The molecule has 28 valence electrons. The molecule has 0 aromatic carbocycles. The van der Waals surface area contributed by atoms with Crippen LogP contribution in [0.15, 0.2) is 12.7 Å². The van der Waals surface area contributed by atoms with Crippen LogP contribution in [0.1, 0.15) is 0 Å². The fourth-order valence-electron chi connectivity index (χ4n) is 0.0645. The molecular weight excluding hydrogens is 231 g/mol. The van der Waals surface area contributed by atoms with E-state index in [1.807, 2.05) is 6.08 Å². The van der Waals surface area contributed by atoms with E-state index in [0.717, 1.165) is 6.54 Å². The summed E-state index contributed by atoms with van der Waals surface area (Å²) in [4.78, 5) is 0. The fourth-order valence-corrected chi connectivity index (χ4v) is 0.528. The van der Waals surface area contributed by atoms with E-state index >= 15 is 0 Å². The van der Waals surface area contributed by atoms with Crippen LogP contribution in [0.2, 0.25) is 0 Å². The van der Waals surface area contributed by atoms with Gasteiger partial charge in [-0.2, -0.15) is 0 Å². The van der Waals surface area contributed by atoms with Gasteiger partial charge in [0.15, 0.2) is 0 Å². The van der Waals surface area contributed by atoms with Gasteiger partial charge in [0.1, 0.15) is 0 Å². The number of hydrogen-bond donors (Lipinski definition) is 1. The molecule has 0 aliphatic heterocycles. The predicted molar refractivity (Wildman–Crippen MR) is 18.2 cm³/mol. The third kappa shape index (κ3) is 4.44. The van der Waals surface area contributed by atoms with Crippen molar-refractivity contribution in [2.24, 2.45) is 0 Å². The Kier molecular flexibility index (Phi) is 4.83. The first-order valence-corrected chi connectivity index (χ1v) is 3.00. The van der Waals surface area contributed by atoms with Gasteiger partial charge in [0.2, 0.25) is 0 Å². The van der Waals surface area contributed by atoms with Crippen molar-refractivity contribution in [3.8, 4) is 0 Å². The van der Waals surface area contributed by atoms with E-state index in [1.54, 1.807) is 0 Å². The van der Waals surface area contributed by atoms with E-state index in [4.69, 9.17) is 0 Å². The molecule has 0 atom stereocenters. The van der Waals surface area contributed by atoms with Crippen LogP contribution in [0.25, 0.3) is 0 Å². The summed E-state index contributed by atoms with van der Waals surface area (Å²) in [6, 6.07) is 0. The van der Waals surface area contributed by atoms with Gasteiger partial charge in [-0.3, -0.25) is 0 Å². The Balaban J connectivity index is 2.40. The standard InChI is InChI=1S/C3H6N.Ta/c1-2-3-4;/h2,4H,1,3H2;/q-1;+1. The maximum atomic E-state index is 3.51. The quantitative estimate of drug-likeness (QED) is 0.677. The molecule has 0 spiro atoms. The molecule has 0 aromatic rings. The van der Waals surface area contributed by atoms with Crippen LogP contribution >= 0.6 is 0 Å². The molecule has 0 radical (unpaired) electrons. The van der Waals surface area contributed by atoms with E-state index in [2.05, 4.69) is 10.3 Å². The number of nitrogens with one attached hydrogen (secondary N) is 1. The Morgan fingerprint density at radius 2 is 2.60 bits per heavy atom. The zero-order chi connectivity index (χ0) is 4.12. The van der Waals surface area contributed by atoms with Crippen LogP contribution in [-0.2, 0) is 21.3 Å². The van der Waals surface area contributed by atoms with Gasteiger partial charge in [0.25, 0.3) is 0 Å². The molecule has 1 N–H and O–H groups in total. The molecule has 0 fully saturated rings. The van der Waals surface area contributed by atoms with Gasteiger partial charge in [-0.1, -0.05) is 0 Å². The molecule has 0 unspecified atom stereocenters. The predicted octanol–water partition coefficient (Wildman–Crippen LogP) is 0.224. The molecular formula is C3H6NTa. The number of hydrogen-bond acceptors (Lipinski definition) is 1. The van der Waals surface area contributed by atoms with Crippen LogP contribution < -0.4 is 3.72 Å². The minimum atomic E-state index is 0.952. The second-order valence-electron chi connectivity index (χ2n) is 0.651. The van der Waals surface area contributed by atoms with E-state index in [9.17, 15) is 0 Å². The average Bonchev–Trinajstić information content (AvgIpc) is 1.41. The molecule has 1 nitrogen and oxygen atoms in total. The molecule has 0 saturated heterocycles. The Bertz CT molecular complexity index is 28.1. The van der Waals surface area contributed by atoms with Gasteiger partial charge < -0.3 is 0 Å². The van der Waals surface area contributed by atoms with Crippen LogP contribution in [0.5, 0.6) is 0 Å². The summed E-state index contributed by atoms with van der Waals surface area (Å²) in [6.07, 6.45) is 1.85. The SMILES string of the molecule is C=CC[NH][Ta]. The third-order valence-electron chi connectivity index (χ3n) is 0.236. The third-order valence-corrected chi connectivity index (χ3v) is 0.892. The van der Waals surface area contributed by atoms with Crippen LogP contribution in [-0.4, -0.2) is 6.54 Å². The molecule has 0 aliphatic rings. The summed E-state index contributed by atoms with van der Waals surface area (Å²) in [5, 5.41) is 0. The molecule has 0 bridgehead atoms. The molecule has 0 aromatic heterocycles. The Morgan fingerprint density at radius 3 is 2.60 bits per heavy atom. The summed E-state index contributed by atoms with van der Waals surface area (Å²) >= 11 is 1.24. The second-order valence-corrected chi connectivity index (χ2v) is 1.79. The van der Waals surface area contributed by atoms with Crippen molar-refractivity contribution < 1.29 is 21.3 Å². The molecule has 5 heavy (non-hydrogen) atoms. The van der Waals surface area contributed by atoms with Crippen molar-refractivity contribution in [1.29, 1.82) is 0 Å². The van der Waals surface area contributed by atoms with E-state index < -0.39 is 0 Å². The van der Waals surface area contributed by atoms with Crippen molar-refractivity contribution in [3.05, 3.63) is 12.7 Å². The number of rotatable bonds is 2.